The van der Waals surface area contributed by atoms with Crippen molar-refractivity contribution in [2.45, 2.75) is 367 Å². The third-order valence-corrected chi connectivity index (χ3v) is 15.1. The van der Waals surface area contributed by atoms with Crippen molar-refractivity contribution < 1.29 is 0 Å². The van der Waals surface area contributed by atoms with Crippen molar-refractivity contribution in [2.24, 2.45) is 0 Å². The Morgan fingerprint density at radius 3 is 0.656 bits per heavy atom. The highest BCUT2D eigenvalue weighted by molar-refractivity contribution is 5.40. The lowest BCUT2D eigenvalue weighted by atomic mass is 9.87. The maximum atomic E-state index is 4.22. The first-order valence-corrected chi connectivity index (χ1v) is 30.7. The zero-order chi connectivity index (χ0) is 45.9. The Morgan fingerprint density at radius 1 is 0.234 bits per heavy atom. The Kier molecular flexibility index (Phi) is 49.4. The number of unbranched alkanes of at least 4 members (excludes halogenated alkanes) is 46. The minimum absolute atomic E-state index is 1.06. The van der Waals surface area contributed by atoms with Gasteiger partial charge < -0.3 is 0 Å². The number of hydrogen-bond acceptors (Lipinski definition) is 0. The molecule has 0 aliphatic heterocycles. The maximum absolute atomic E-state index is 4.22. The molecule has 0 atom stereocenters. The van der Waals surface area contributed by atoms with Gasteiger partial charge in [0.2, 0.25) is 0 Å². The van der Waals surface area contributed by atoms with Gasteiger partial charge in [0.15, 0.2) is 0 Å². The number of aryl methyl sites for hydroxylation is 3. The van der Waals surface area contributed by atoms with Crippen molar-refractivity contribution in [3.05, 3.63) is 41.3 Å². The van der Waals surface area contributed by atoms with E-state index in [1.165, 1.54) is 340 Å². The second kappa shape index (κ2) is 51.6. The molecule has 0 N–H and O–H groups in total. The van der Waals surface area contributed by atoms with Gasteiger partial charge in [0, 0.05) is 0 Å². The number of hydrogen-bond donors (Lipinski definition) is 0. The molecule has 0 saturated heterocycles. The van der Waals surface area contributed by atoms with Gasteiger partial charge in [0.05, 0.1) is 0 Å². The smallest absolute Gasteiger partial charge is 0.0273 e. The largest absolute Gasteiger partial charge is 0.0654 e. The number of rotatable bonds is 54. The van der Waals surface area contributed by atoms with Crippen LogP contribution >= 0.6 is 0 Å². The molecule has 0 amide bonds. The van der Waals surface area contributed by atoms with Crippen LogP contribution in [0, 0.1) is 6.92 Å². The summed E-state index contributed by atoms with van der Waals surface area (Å²) in [4.78, 5) is 0. The fourth-order valence-corrected chi connectivity index (χ4v) is 10.7. The zero-order valence-electron chi connectivity index (χ0n) is 45.0. The van der Waals surface area contributed by atoms with Crippen molar-refractivity contribution >= 4 is 0 Å². The standard InChI is InChI=1S/C64H121/c1-5-9-13-16-19-22-25-28-31-34-37-40-43-46-49-52-56-62-59-61(55-12-8-4)60-63(57-53-50-47-44-41-38-35-32-29-26-23-20-17-14-10-6-2)64(62)58-54-51-48-45-42-39-36-33-30-27-24-21-18-15-11-7-3/h59-60H,4-58H2,1-3H3. The van der Waals surface area contributed by atoms with Crippen LogP contribution in [0.25, 0.3) is 0 Å². The van der Waals surface area contributed by atoms with Crippen molar-refractivity contribution in [2.75, 3.05) is 0 Å². The SMILES string of the molecule is [CH2]CCCc1cc(CCCCCCCCCCCCCCCCCC)c(CCCCCCCCCCCCCCCCCC)c(CCCCCCCCCCCCCCCCCC)c1. The first kappa shape index (κ1) is 61.2. The second-order valence-corrected chi connectivity index (χ2v) is 21.5. The second-order valence-electron chi connectivity index (χ2n) is 21.5. The van der Waals surface area contributed by atoms with Crippen LogP contribution < -0.4 is 0 Å². The molecule has 0 saturated carbocycles. The average molecular weight is 891 g/mol. The third-order valence-electron chi connectivity index (χ3n) is 15.1. The molecule has 0 heterocycles. The highest BCUT2D eigenvalue weighted by atomic mass is 14.2. The van der Waals surface area contributed by atoms with Crippen molar-refractivity contribution in [1.29, 1.82) is 0 Å². The zero-order valence-corrected chi connectivity index (χ0v) is 45.0. The van der Waals surface area contributed by atoms with E-state index >= 15 is 0 Å². The van der Waals surface area contributed by atoms with Gasteiger partial charge in [-0.3, -0.25) is 0 Å². The lowest BCUT2D eigenvalue weighted by Crippen LogP contribution is -2.05. The Morgan fingerprint density at radius 2 is 0.438 bits per heavy atom. The fourth-order valence-electron chi connectivity index (χ4n) is 10.7. The summed E-state index contributed by atoms with van der Waals surface area (Å²) in [5, 5.41) is 0. The van der Waals surface area contributed by atoms with Crippen LogP contribution in [0.15, 0.2) is 12.1 Å². The van der Waals surface area contributed by atoms with Crippen LogP contribution in [0.1, 0.15) is 364 Å². The van der Waals surface area contributed by atoms with Crippen LogP contribution in [-0.2, 0) is 25.7 Å². The molecule has 0 bridgehead atoms. The first-order chi connectivity index (χ1) is 31.8. The van der Waals surface area contributed by atoms with E-state index in [9.17, 15) is 0 Å². The van der Waals surface area contributed by atoms with Crippen LogP contribution in [-0.4, -0.2) is 0 Å². The lowest BCUT2D eigenvalue weighted by molar-refractivity contribution is 0.527. The van der Waals surface area contributed by atoms with E-state index in [1.54, 1.807) is 22.3 Å². The predicted octanol–water partition coefficient (Wildman–Crippen LogP) is 23.3. The van der Waals surface area contributed by atoms with Crippen LogP contribution in [0.2, 0.25) is 0 Å². The first-order valence-electron chi connectivity index (χ1n) is 30.7. The predicted molar refractivity (Wildman–Crippen MR) is 294 cm³/mol. The fraction of sp³-hybridized carbons (Fsp3) is 0.891. The Balaban J connectivity index is 2.52. The van der Waals surface area contributed by atoms with E-state index in [0.717, 1.165) is 6.42 Å². The highest BCUT2D eigenvalue weighted by Gasteiger charge is 2.12. The summed E-state index contributed by atoms with van der Waals surface area (Å²) in [5.74, 6) is 0. The molecule has 0 fully saturated rings. The van der Waals surface area contributed by atoms with Gasteiger partial charge in [-0.2, -0.15) is 0 Å². The quantitative estimate of drug-likeness (QED) is 0.0572. The summed E-state index contributed by atoms with van der Waals surface area (Å²) in [5.41, 5.74) is 6.92. The van der Waals surface area contributed by atoms with Gasteiger partial charge >= 0.3 is 0 Å². The molecule has 64 heavy (non-hydrogen) atoms. The summed E-state index contributed by atoms with van der Waals surface area (Å²) in [6.07, 6.45) is 77.2. The summed E-state index contributed by atoms with van der Waals surface area (Å²) in [6, 6.07) is 5.36. The third kappa shape index (κ3) is 41.4. The topological polar surface area (TPSA) is 0 Å². The average Bonchev–Trinajstić information content (AvgIpc) is 3.30. The lowest BCUT2D eigenvalue weighted by Gasteiger charge is -2.18. The summed E-state index contributed by atoms with van der Waals surface area (Å²) in [7, 11) is 0. The van der Waals surface area contributed by atoms with Crippen LogP contribution in [0.3, 0.4) is 0 Å². The molecule has 1 aromatic rings. The molecule has 0 nitrogen and oxygen atoms in total. The van der Waals surface area contributed by atoms with E-state index in [-0.39, 0.29) is 0 Å². The van der Waals surface area contributed by atoms with Crippen molar-refractivity contribution in [3.63, 3.8) is 0 Å². The van der Waals surface area contributed by atoms with Crippen molar-refractivity contribution in [3.8, 4) is 0 Å². The van der Waals surface area contributed by atoms with E-state index in [0.29, 0.717) is 0 Å². The van der Waals surface area contributed by atoms with Crippen molar-refractivity contribution in [1.82, 2.24) is 0 Å². The molecule has 1 radical (unpaired) electrons. The van der Waals surface area contributed by atoms with E-state index < -0.39 is 0 Å². The molecular formula is C64H121. The molecule has 0 aliphatic rings. The van der Waals surface area contributed by atoms with E-state index in [1.807, 2.05) is 0 Å². The van der Waals surface area contributed by atoms with Crippen LogP contribution in [0.4, 0.5) is 0 Å². The molecule has 0 aliphatic carbocycles. The Hall–Kier alpha value is -0.780. The summed E-state index contributed by atoms with van der Waals surface area (Å²) in [6.45, 7) is 11.2. The molecule has 0 aromatic heterocycles. The van der Waals surface area contributed by atoms with Gasteiger partial charge in [-0.05, 0) is 73.6 Å². The molecule has 0 heteroatoms. The van der Waals surface area contributed by atoms with Gasteiger partial charge in [-0.15, -0.1) is 0 Å². The highest BCUT2D eigenvalue weighted by Crippen LogP contribution is 2.27. The Labute approximate surface area is 407 Å². The van der Waals surface area contributed by atoms with Gasteiger partial charge in [-0.1, -0.05) is 335 Å². The molecule has 0 unspecified atom stereocenters. The normalized spacial score (nSPS) is 11.7. The monoisotopic (exact) mass is 890 g/mol. The van der Waals surface area contributed by atoms with Gasteiger partial charge in [-0.25, -0.2) is 0 Å². The molecule has 377 valence electrons. The van der Waals surface area contributed by atoms with E-state index in [4.69, 9.17) is 0 Å². The van der Waals surface area contributed by atoms with Gasteiger partial charge in [0.25, 0.3) is 0 Å². The van der Waals surface area contributed by atoms with Gasteiger partial charge in [0.1, 0.15) is 0 Å². The molecule has 1 aromatic carbocycles. The minimum Gasteiger partial charge on any atom is -0.0654 e. The molecule has 1 rings (SSSR count). The maximum Gasteiger partial charge on any atom is -0.0273 e. The molecular weight excluding hydrogens is 769 g/mol. The Bertz CT molecular complexity index is 962. The minimum atomic E-state index is 1.06. The summed E-state index contributed by atoms with van der Waals surface area (Å²) < 4.78 is 0. The summed E-state index contributed by atoms with van der Waals surface area (Å²) >= 11 is 0. The van der Waals surface area contributed by atoms with Crippen LogP contribution in [0.5, 0.6) is 0 Å². The molecule has 0 spiro atoms. The van der Waals surface area contributed by atoms with E-state index in [2.05, 4.69) is 39.8 Å². The number of benzene rings is 1.